The summed E-state index contributed by atoms with van der Waals surface area (Å²) in [6.45, 7) is 5.61. The highest BCUT2D eigenvalue weighted by atomic mass is 127. The molecule has 0 spiro atoms. The molecule has 9 heteroatoms. The van der Waals surface area contributed by atoms with Gasteiger partial charge in [-0.3, -0.25) is 3.53 Å². The molecule has 1 heterocycles. The van der Waals surface area contributed by atoms with Crippen molar-refractivity contribution in [2.45, 2.75) is 13.2 Å². The largest absolute Gasteiger partial charge is 0.378 e. The number of methoxy groups -OCH3 is 1. The number of hydrogen-bond acceptors (Lipinski definition) is 7. The topological polar surface area (TPSA) is 79.7 Å². The lowest BCUT2D eigenvalue weighted by molar-refractivity contribution is 0.0139. The van der Waals surface area contributed by atoms with Crippen molar-refractivity contribution in [1.29, 1.82) is 0 Å². The molecule has 0 atom stereocenters. The van der Waals surface area contributed by atoms with E-state index in [0.717, 1.165) is 12.2 Å². The van der Waals surface area contributed by atoms with Gasteiger partial charge < -0.3 is 18.9 Å². The number of hydrogen-bond donors (Lipinski definition) is 1. The molecule has 0 radical (unpaired) electrons. The Morgan fingerprint density at radius 3 is 2.43 bits per heavy atom. The van der Waals surface area contributed by atoms with Gasteiger partial charge in [-0.1, -0.05) is 5.21 Å². The average Bonchev–Trinajstić information content (AvgIpc) is 2.93. The molecule has 0 aromatic carbocycles. The molecule has 1 aromatic rings. The summed E-state index contributed by atoms with van der Waals surface area (Å²) in [5.41, 5.74) is 0.818. The predicted octanol–water partition coefficient (Wildman–Crippen LogP) is 0.414. The van der Waals surface area contributed by atoms with Crippen molar-refractivity contribution >= 4 is 22.9 Å². The summed E-state index contributed by atoms with van der Waals surface area (Å²) in [7, 11) is 1.63. The molecule has 0 unspecified atom stereocenters. The van der Waals surface area contributed by atoms with Gasteiger partial charge in [0, 0.05) is 36.5 Å². The zero-order valence-corrected chi connectivity index (χ0v) is 14.5. The van der Waals surface area contributed by atoms with Crippen LogP contribution in [0, 0.1) is 0 Å². The smallest absolute Gasteiger partial charge is 0.108 e. The second-order valence-electron chi connectivity index (χ2n) is 4.13. The van der Waals surface area contributed by atoms with Crippen LogP contribution in [0.2, 0.25) is 0 Å². The third-order valence-corrected chi connectivity index (χ3v) is 2.97. The molecular formula is C12H23IN4O4. The Morgan fingerprint density at radius 1 is 1.10 bits per heavy atom. The van der Waals surface area contributed by atoms with Crippen molar-refractivity contribution in [3.63, 3.8) is 0 Å². The molecule has 21 heavy (non-hydrogen) atoms. The molecule has 0 aliphatic rings. The number of halogens is 1. The van der Waals surface area contributed by atoms with Crippen LogP contribution in [0.4, 0.5) is 0 Å². The van der Waals surface area contributed by atoms with E-state index in [1.807, 2.05) is 6.20 Å². The molecular weight excluding hydrogens is 391 g/mol. The maximum absolute atomic E-state index is 5.46. The number of nitrogens with zero attached hydrogens (tertiary/aromatic N) is 3. The molecule has 1 N–H and O–H groups in total. The molecule has 0 aliphatic carbocycles. The number of rotatable bonds is 14. The van der Waals surface area contributed by atoms with Gasteiger partial charge in [0.1, 0.15) is 5.69 Å². The van der Waals surface area contributed by atoms with Gasteiger partial charge in [0.2, 0.25) is 0 Å². The second-order valence-corrected chi connectivity index (χ2v) is 4.89. The van der Waals surface area contributed by atoms with Crippen molar-refractivity contribution in [2.24, 2.45) is 0 Å². The van der Waals surface area contributed by atoms with Gasteiger partial charge in [0.05, 0.1) is 59.0 Å². The highest BCUT2D eigenvalue weighted by molar-refractivity contribution is 14.1. The van der Waals surface area contributed by atoms with E-state index in [2.05, 4.69) is 36.7 Å². The van der Waals surface area contributed by atoms with E-state index in [9.17, 15) is 0 Å². The van der Waals surface area contributed by atoms with E-state index in [4.69, 9.17) is 18.9 Å². The molecule has 0 bridgehead atoms. The van der Waals surface area contributed by atoms with E-state index in [1.54, 1.807) is 11.8 Å². The SMILES string of the molecule is COCc1cn(CCOCCOCCOCCNI)nn1. The molecule has 0 amide bonds. The average molecular weight is 414 g/mol. The number of ether oxygens (including phenoxy) is 4. The van der Waals surface area contributed by atoms with Crippen molar-refractivity contribution < 1.29 is 18.9 Å². The maximum Gasteiger partial charge on any atom is 0.108 e. The van der Waals surface area contributed by atoms with Crippen LogP contribution in [-0.4, -0.2) is 68.3 Å². The first-order chi connectivity index (χ1) is 10.4. The number of nitrogens with one attached hydrogen (secondary N) is 1. The summed E-state index contributed by atoms with van der Waals surface area (Å²) in [4.78, 5) is 0. The van der Waals surface area contributed by atoms with Gasteiger partial charge in [0.15, 0.2) is 0 Å². The molecule has 0 saturated heterocycles. The third-order valence-electron chi connectivity index (χ3n) is 2.43. The fourth-order valence-electron chi connectivity index (χ4n) is 1.47. The van der Waals surface area contributed by atoms with E-state index in [0.29, 0.717) is 52.8 Å². The van der Waals surface area contributed by atoms with Gasteiger partial charge in [-0.05, 0) is 0 Å². The van der Waals surface area contributed by atoms with Gasteiger partial charge in [-0.25, -0.2) is 4.68 Å². The lowest BCUT2D eigenvalue weighted by Gasteiger charge is -2.06. The molecule has 0 aliphatic heterocycles. The highest BCUT2D eigenvalue weighted by Gasteiger charge is 1.99. The van der Waals surface area contributed by atoms with Crippen LogP contribution in [-0.2, 0) is 32.1 Å². The van der Waals surface area contributed by atoms with E-state index < -0.39 is 0 Å². The standard InChI is InChI=1S/C12H23IN4O4/c1-18-11-12-10-17(16-15-12)3-5-20-7-9-21-8-6-19-4-2-14-13/h10,14H,2-9,11H2,1H3. The fourth-order valence-corrected chi connectivity index (χ4v) is 1.69. The first kappa shape index (κ1) is 18.7. The second kappa shape index (κ2) is 13.3. The molecule has 1 rings (SSSR count). The lowest BCUT2D eigenvalue weighted by Crippen LogP contribution is -2.14. The fraction of sp³-hybridized carbons (Fsp3) is 0.833. The van der Waals surface area contributed by atoms with Gasteiger partial charge in [-0.2, -0.15) is 0 Å². The highest BCUT2D eigenvalue weighted by Crippen LogP contribution is 1.94. The Kier molecular flexibility index (Phi) is 11.9. The first-order valence-corrected chi connectivity index (χ1v) is 7.89. The quantitative estimate of drug-likeness (QED) is 0.269. The summed E-state index contributed by atoms with van der Waals surface area (Å²) >= 11 is 2.09. The maximum atomic E-state index is 5.46. The van der Waals surface area contributed by atoms with E-state index in [1.165, 1.54) is 0 Å². The zero-order chi connectivity index (χ0) is 15.2. The Balaban J connectivity index is 1.86. The van der Waals surface area contributed by atoms with Crippen molar-refractivity contribution in [1.82, 2.24) is 18.5 Å². The minimum absolute atomic E-state index is 0.477. The molecule has 0 fully saturated rings. The van der Waals surface area contributed by atoms with Crippen LogP contribution in [0.3, 0.4) is 0 Å². The summed E-state index contributed by atoms with van der Waals surface area (Å²) in [6, 6.07) is 0. The zero-order valence-electron chi connectivity index (χ0n) is 12.3. The Bertz CT molecular complexity index is 354. The summed E-state index contributed by atoms with van der Waals surface area (Å²) in [6.07, 6.45) is 1.85. The normalized spacial score (nSPS) is 11.1. The summed E-state index contributed by atoms with van der Waals surface area (Å²) < 4.78 is 25.8. The van der Waals surface area contributed by atoms with Crippen LogP contribution in [0.15, 0.2) is 6.20 Å². The minimum atomic E-state index is 0.477. The molecule has 1 aromatic heterocycles. The Morgan fingerprint density at radius 2 is 1.76 bits per heavy atom. The van der Waals surface area contributed by atoms with Crippen molar-refractivity contribution in [3.8, 4) is 0 Å². The van der Waals surface area contributed by atoms with Gasteiger partial charge in [0.25, 0.3) is 0 Å². The number of aromatic nitrogens is 3. The third kappa shape index (κ3) is 10.1. The lowest BCUT2D eigenvalue weighted by atomic mass is 10.5. The van der Waals surface area contributed by atoms with Gasteiger partial charge >= 0.3 is 0 Å². The Labute approximate surface area is 138 Å². The van der Waals surface area contributed by atoms with Crippen molar-refractivity contribution in [2.75, 3.05) is 53.3 Å². The molecule has 0 saturated carbocycles. The summed E-state index contributed by atoms with van der Waals surface area (Å²) in [5, 5.41) is 7.94. The van der Waals surface area contributed by atoms with Gasteiger partial charge in [-0.15, -0.1) is 5.10 Å². The van der Waals surface area contributed by atoms with Crippen LogP contribution < -0.4 is 3.53 Å². The van der Waals surface area contributed by atoms with Crippen LogP contribution in [0.25, 0.3) is 0 Å². The van der Waals surface area contributed by atoms with Crippen LogP contribution in [0.5, 0.6) is 0 Å². The van der Waals surface area contributed by atoms with E-state index >= 15 is 0 Å². The monoisotopic (exact) mass is 414 g/mol. The predicted molar refractivity (Wildman–Crippen MR) is 85.2 cm³/mol. The van der Waals surface area contributed by atoms with Crippen LogP contribution in [0.1, 0.15) is 5.69 Å². The Hall–Kier alpha value is -0.330. The first-order valence-electron chi connectivity index (χ1n) is 6.81. The van der Waals surface area contributed by atoms with Crippen molar-refractivity contribution in [3.05, 3.63) is 11.9 Å². The molecule has 122 valence electrons. The summed E-state index contributed by atoms with van der Waals surface area (Å²) in [5.74, 6) is 0. The van der Waals surface area contributed by atoms with E-state index in [-0.39, 0.29) is 0 Å². The minimum Gasteiger partial charge on any atom is -0.378 e. The molecule has 8 nitrogen and oxygen atoms in total. The van der Waals surface area contributed by atoms with Crippen LogP contribution >= 0.6 is 22.9 Å².